The van der Waals surface area contributed by atoms with Crippen molar-refractivity contribution >= 4 is 21.2 Å². The second-order valence-electron chi connectivity index (χ2n) is 4.46. The van der Waals surface area contributed by atoms with Crippen molar-refractivity contribution in [3.63, 3.8) is 0 Å². The van der Waals surface area contributed by atoms with E-state index in [0.717, 1.165) is 18.1 Å². The molecule has 1 heterocycles. The molecule has 0 aliphatic heterocycles. The molecule has 0 fully saturated rings. The molecule has 7 nitrogen and oxygen atoms in total. The van der Waals surface area contributed by atoms with E-state index in [1.54, 1.807) is 12.3 Å². The third-order valence-electron chi connectivity index (χ3n) is 2.86. The van der Waals surface area contributed by atoms with Crippen molar-refractivity contribution < 1.29 is 17.8 Å². The van der Waals surface area contributed by atoms with E-state index in [1.807, 2.05) is 6.07 Å². The fourth-order valence-corrected chi connectivity index (χ4v) is 2.46. The van der Waals surface area contributed by atoms with Gasteiger partial charge in [0.15, 0.2) is 9.84 Å². The first-order chi connectivity index (χ1) is 9.88. The smallest absolute Gasteiger partial charge is 0.293 e. The minimum absolute atomic E-state index is 0.0780. The van der Waals surface area contributed by atoms with Crippen LogP contribution in [-0.2, 0) is 16.3 Å². The van der Waals surface area contributed by atoms with Gasteiger partial charge in [0.2, 0.25) is 0 Å². The van der Waals surface area contributed by atoms with Crippen LogP contribution < -0.4 is 5.32 Å². The van der Waals surface area contributed by atoms with Crippen molar-refractivity contribution in [2.24, 2.45) is 0 Å². The van der Waals surface area contributed by atoms with Crippen LogP contribution in [0.25, 0.3) is 0 Å². The second-order valence-corrected chi connectivity index (χ2v) is 6.48. The van der Waals surface area contributed by atoms with Gasteiger partial charge in [0.1, 0.15) is 11.4 Å². The lowest BCUT2D eigenvalue weighted by Crippen LogP contribution is -2.07. The Morgan fingerprint density at radius 1 is 1.33 bits per heavy atom. The molecule has 2 rings (SSSR count). The van der Waals surface area contributed by atoms with Gasteiger partial charge in [-0.05, 0) is 24.3 Å². The van der Waals surface area contributed by atoms with Crippen LogP contribution in [0.3, 0.4) is 0 Å². The van der Waals surface area contributed by atoms with Crippen LogP contribution in [0.4, 0.5) is 11.4 Å². The summed E-state index contributed by atoms with van der Waals surface area (Å²) in [5, 5.41) is 14.0. The number of nitro benzene ring substituents is 1. The molecule has 0 atom stereocenters. The number of hydrogen-bond acceptors (Lipinski definition) is 6. The topological polar surface area (TPSA) is 102 Å². The number of nitrogens with zero attached hydrogens (tertiary/aromatic N) is 1. The molecule has 0 radical (unpaired) electrons. The number of anilines is 1. The van der Waals surface area contributed by atoms with E-state index in [4.69, 9.17) is 4.42 Å². The van der Waals surface area contributed by atoms with Crippen LogP contribution in [0.15, 0.2) is 45.9 Å². The number of nitro groups is 1. The summed E-state index contributed by atoms with van der Waals surface area (Å²) >= 11 is 0. The SMILES string of the molecule is CS(=O)(=O)c1ccc(NCCc2ccco2)c([N+](=O)[O-])c1. The Bertz CT molecular complexity index is 738. The monoisotopic (exact) mass is 310 g/mol. The van der Waals surface area contributed by atoms with E-state index in [9.17, 15) is 18.5 Å². The number of hydrogen-bond donors (Lipinski definition) is 1. The maximum Gasteiger partial charge on any atom is 0.293 e. The van der Waals surface area contributed by atoms with Gasteiger partial charge in [-0.15, -0.1) is 0 Å². The van der Waals surface area contributed by atoms with Crippen LogP contribution in [-0.4, -0.2) is 26.1 Å². The lowest BCUT2D eigenvalue weighted by molar-refractivity contribution is -0.384. The van der Waals surface area contributed by atoms with Gasteiger partial charge in [0.05, 0.1) is 16.1 Å². The highest BCUT2D eigenvalue weighted by Gasteiger charge is 2.18. The Kier molecular flexibility index (Phi) is 4.27. The molecular weight excluding hydrogens is 296 g/mol. The average Bonchev–Trinajstić information content (AvgIpc) is 2.90. The standard InChI is InChI=1S/C13H14N2O5S/c1-21(18,19)11-4-5-12(13(9-11)15(16)17)14-7-6-10-3-2-8-20-10/h2-5,8-9,14H,6-7H2,1H3. The molecule has 1 aromatic heterocycles. The predicted octanol–water partition coefficient (Wildman–Crippen LogP) is 2.25. The number of sulfone groups is 1. The van der Waals surface area contributed by atoms with Crippen LogP contribution in [0.5, 0.6) is 0 Å². The zero-order chi connectivity index (χ0) is 15.5. The van der Waals surface area contributed by atoms with Crippen molar-refractivity contribution in [2.75, 3.05) is 18.1 Å². The van der Waals surface area contributed by atoms with Gasteiger partial charge in [0.25, 0.3) is 5.69 Å². The highest BCUT2D eigenvalue weighted by molar-refractivity contribution is 7.90. The quantitative estimate of drug-likeness (QED) is 0.648. The highest BCUT2D eigenvalue weighted by atomic mass is 32.2. The first-order valence-corrected chi connectivity index (χ1v) is 8.02. The third kappa shape index (κ3) is 3.82. The molecule has 1 aromatic carbocycles. The van der Waals surface area contributed by atoms with Gasteiger partial charge in [0, 0.05) is 25.3 Å². The third-order valence-corrected chi connectivity index (χ3v) is 3.97. The summed E-state index contributed by atoms with van der Waals surface area (Å²) in [5.41, 5.74) is 0.0105. The van der Waals surface area contributed by atoms with E-state index in [-0.39, 0.29) is 16.3 Å². The van der Waals surface area contributed by atoms with Gasteiger partial charge >= 0.3 is 0 Å². The maximum absolute atomic E-state index is 11.4. The Labute approximate surface area is 121 Å². The molecule has 2 aromatic rings. The molecule has 8 heteroatoms. The highest BCUT2D eigenvalue weighted by Crippen LogP contribution is 2.27. The van der Waals surface area contributed by atoms with E-state index in [0.29, 0.717) is 13.0 Å². The summed E-state index contributed by atoms with van der Waals surface area (Å²) in [4.78, 5) is 10.4. The van der Waals surface area contributed by atoms with E-state index in [2.05, 4.69) is 5.32 Å². The molecule has 0 spiro atoms. The van der Waals surface area contributed by atoms with Gasteiger partial charge in [-0.2, -0.15) is 0 Å². The molecule has 0 amide bonds. The molecule has 0 unspecified atom stereocenters. The minimum atomic E-state index is -3.48. The fourth-order valence-electron chi connectivity index (χ4n) is 1.82. The lowest BCUT2D eigenvalue weighted by atomic mass is 10.2. The summed E-state index contributed by atoms with van der Waals surface area (Å²) in [6, 6.07) is 7.38. The zero-order valence-electron chi connectivity index (χ0n) is 11.3. The molecule has 1 N–H and O–H groups in total. The normalized spacial score (nSPS) is 11.3. The summed E-state index contributed by atoms with van der Waals surface area (Å²) < 4.78 is 28.0. The average molecular weight is 310 g/mol. The summed E-state index contributed by atoms with van der Waals surface area (Å²) in [5.74, 6) is 0.762. The van der Waals surface area contributed by atoms with E-state index in [1.165, 1.54) is 12.1 Å². The molecule has 0 saturated carbocycles. The number of benzene rings is 1. The van der Waals surface area contributed by atoms with Crippen molar-refractivity contribution in [2.45, 2.75) is 11.3 Å². The Morgan fingerprint density at radius 3 is 2.67 bits per heavy atom. The van der Waals surface area contributed by atoms with Crippen LogP contribution >= 0.6 is 0 Å². The summed E-state index contributed by atoms with van der Waals surface area (Å²) in [7, 11) is -3.48. The molecular formula is C13H14N2O5S. The van der Waals surface area contributed by atoms with Gasteiger partial charge in [-0.1, -0.05) is 0 Å². The molecule has 0 saturated heterocycles. The summed E-state index contributed by atoms with van der Waals surface area (Å²) in [6.07, 6.45) is 3.13. The van der Waals surface area contributed by atoms with E-state index < -0.39 is 14.8 Å². The van der Waals surface area contributed by atoms with Crippen molar-refractivity contribution in [1.29, 1.82) is 0 Å². The predicted molar refractivity (Wildman–Crippen MR) is 77.1 cm³/mol. The minimum Gasteiger partial charge on any atom is -0.469 e. The van der Waals surface area contributed by atoms with Crippen molar-refractivity contribution in [1.82, 2.24) is 0 Å². The Hall–Kier alpha value is -2.35. The van der Waals surface area contributed by atoms with Crippen LogP contribution in [0, 0.1) is 10.1 Å². The van der Waals surface area contributed by atoms with Crippen LogP contribution in [0.2, 0.25) is 0 Å². The fraction of sp³-hybridized carbons (Fsp3) is 0.231. The summed E-state index contributed by atoms with van der Waals surface area (Å²) in [6.45, 7) is 0.437. The maximum atomic E-state index is 11.4. The second kappa shape index (κ2) is 5.96. The number of furan rings is 1. The number of rotatable bonds is 6. The molecule has 0 aliphatic rings. The number of nitrogens with one attached hydrogen (secondary N) is 1. The van der Waals surface area contributed by atoms with Crippen molar-refractivity contribution in [3.8, 4) is 0 Å². The first-order valence-electron chi connectivity index (χ1n) is 6.12. The zero-order valence-corrected chi connectivity index (χ0v) is 12.1. The Morgan fingerprint density at radius 2 is 2.10 bits per heavy atom. The van der Waals surface area contributed by atoms with Crippen molar-refractivity contribution in [3.05, 3.63) is 52.5 Å². The van der Waals surface area contributed by atoms with Gasteiger partial charge in [-0.3, -0.25) is 10.1 Å². The van der Waals surface area contributed by atoms with Gasteiger partial charge in [-0.25, -0.2) is 8.42 Å². The van der Waals surface area contributed by atoms with E-state index >= 15 is 0 Å². The Balaban J connectivity index is 2.17. The molecule has 0 aliphatic carbocycles. The van der Waals surface area contributed by atoms with Gasteiger partial charge < -0.3 is 9.73 Å². The molecule has 21 heavy (non-hydrogen) atoms. The first kappa shape index (κ1) is 15.0. The largest absolute Gasteiger partial charge is 0.469 e. The van der Waals surface area contributed by atoms with Crippen LogP contribution in [0.1, 0.15) is 5.76 Å². The molecule has 0 bridgehead atoms. The molecule has 112 valence electrons. The lowest BCUT2D eigenvalue weighted by Gasteiger charge is -2.07.